The van der Waals surface area contributed by atoms with Gasteiger partial charge in [0.15, 0.2) is 0 Å². The molecule has 0 atom stereocenters. The van der Waals surface area contributed by atoms with Crippen molar-refractivity contribution in [1.82, 2.24) is 0 Å². The molecule has 3 rings (SSSR count). The summed E-state index contributed by atoms with van der Waals surface area (Å²) in [6.45, 7) is 0. The number of halogens is 1. The Kier molecular flexibility index (Phi) is 5.14. The van der Waals surface area contributed by atoms with E-state index < -0.39 is 17.6 Å². The van der Waals surface area contributed by atoms with E-state index >= 15 is 0 Å². The summed E-state index contributed by atoms with van der Waals surface area (Å²) in [5.74, 6) is -1.83. The van der Waals surface area contributed by atoms with Gasteiger partial charge in [0.1, 0.15) is 22.5 Å². The summed E-state index contributed by atoms with van der Waals surface area (Å²) in [5, 5.41) is 12.2. The van der Waals surface area contributed by atoms with Crippen LogP contribution in [0.1, 0.15) is 39.2 Å². The molecule has 0 radical (unpaired) electrons. The molecular formula is C19H16FN3O2S. The van der Waals surface area contributed by atoms with Crippen molar-refractivity contribution in [2.75, 3.05) is 5.32 Å². The first-order valence-corrected chi connectivity index (χ1v) is 8.95. The van der Waals surface area contributed by atoms with Crippen LogP contribution in [-0.4, -0.2) is 11.8 Å². The number of carbonyl (C=O) groups is 2. The Morgan fingerprint density at radius 3 is 2.69 bits per heavy atom. The second kappa shape index (κ2) is 7.50. The fourth-order valence-electron chi connectivity index (χ4n) is 2.98. The molecule has 1 aromatic heterocycles. The lowest BCUT2D eigenvalue weighted by atomic mass is 9.95. The molecule has 2 aromatic rings. The average Bonchev–Trinajstić information content (AvgIpc) is 2.98. The number of aryl methyl sites for hydroxylation is 1. The standard InChI is InChI=1S/C19H16FN3O2S/c20-14-7-3-1-5-11(14)9-12(10-21)18(25)23-19-16(17(22)24)13-6-2-4-8-15(13)26-19/h1,3,5,7,9H,2,4,6,8H2,(H2,22,24)(H,23,25)/b12-9+. The summed E-state index contributed by atoms with van der Waals surface area (Å²) in [6.07, 6.45) is 4.76. The summed E-state index contributed by atoms with van der Waals surface area (Å²) in [4.78, 5) is 25.4. The summed E-state index contributed by atoms with van der Waals surface area (Å²) in [6, 6.07) is 7.63. The molecule has 26 heavy (non-hydrogen) atoms. The number of anilines is 1. The van der Waals surface area contributed by atoms with Crippen LogP contribution in [-0.2, 0) is 17.6 Å². The van der Waals surface area contributed by atoms with Crippen molar-refractivity contribution in [3.63, 3.8) is 0 Å². The van der Waals surface area contributed by atoms with Crippen LogP contribution in [0.15, 0.2) is 29.8 Å². The van der Waals surface area contributed by atoms with E-state index in [0.717, 1.165) is 36.1 Å². The van der Waals surface area contributed by atoms with Crippen molar-refractivity contribution < 1.29 is 14.0 Å². The number of nitrogens with zero attached hydrogens (tertiary/aromatic N) is 1. The molecule has 0 aliphatic heterocycles. The number of fused-ring (bicyclic) bond motifs is 1. The van der Waals surface area contributed by atoms with Gasteiger partial charge in [0, 0.05) is 10.4 Å². The van der Waals surface area contributed by atoms with Crippen LogP contribution in [0.3, 0.4) is 0 Å². The van der Waals surface area contributed by atoms with Gasteiger partial charge < -0.3 is 11.1 Å². The van der Waals surface area contributed by atoms with Crippen molar-refractivity contribution in [2.45, 2.75) is 25.7 Å². The van der Waals surface area contributed by atoms with Crippen LogP contribution >= 0.6 is 11.3 Å². The fourth-order valence-corrected chi connectivity index (χ4v) is 4.27. The van der Waals surface area contributed by atoms with Crippen LogP contribution in [0.2, 0.25) is 0 Å². The molecule has 1 heterocycles. The van der Waals surface area contributed by atoms with Gasteiger partial charge in [-0.05, 0) is 43.4 Å². The number of benzene rings is 1. The Hall–Kier alpha value is -2.98. The number of amides is 2. The van der Waals surface area contributed by atoms with Gasteiger partial charge in [0.05, 0.1) is 5.56 Å². The lowest BCUT2D eigenvalue weighted by Gasteiger charge is -2.11. The zero-order valence-electron chi connectivity index (χ0n) is 13.8. The number of rotatable bonds is 4. The van der Waals surface area contributed by atoms with Crippen LogP contribution in [0, 0.1) is 17.1 Å². The quantitative estimate of drug-likeness (QED) is 0.638. The molecule has 1 aliphatic rings. The number of hydrogen-bond donors (Lipinski definition) is 2. The highest BCUT2D eigenvalue weighted by atomic mass is 32.1. The van der Waals surface area contributed by atoms with Crippen molar-refractivity contribution in [3.8, 4) is 6.07 Å². The minimum absolute atomic E-state index is 0.139. The number of carbonyl (C=O) groups excluding carboxylic acids is 2. The maximum Gasteiger partial charge on any atom is 0.266 e. The van der Waals surface area contributed by atoms with Crippen LogP contribution in [0.25, 0.3) is 6.08 Å². The Balaban J connectivity index is 1.92. The third-order valence-electron chi connectivity index (χ3n) is 4.21. The zero-order chi connectivity index (χ0) is 18.7. The van der Waals surface area contributed by atoms with E-state index in [4.69, 9.17) is 5.73 Å². The van der Waals surface area contributed by atoms with E-state index in [-0.39, 0.29) is 11.1 Å². The van der Waals surface area contributed by atoms with Gasteiger partial charge in [-0.15, -0.1) is 11.3 Å². The van der Waals surface area contributed by atoms with Crippen molar-refractivity contribution in [3.05, 3.63) is 57.2 Å². The molecule has 1 aromatic carbocycles. The number of hydrogen-bond acceptors (Lipinski definition) is 4. The molecule has 0 saturated carbocycles. The van der Waals surface area contributed by atoms with Crippen LogP contribution in [0.4, 0.5) is 9.39 Å². The highest BCUT2D eigenvalue weighted by Gasteiger charge is 2.25. The number of primary amides is 1. The molecule has 0 unspecified atom stereocenters. The smallest absolute Gasteiger partial charge is 0.266 e. The highest BCUT2D eigenvalue weighted by Crippen LogP contribution is 2.38. The van der Waals surface area contributed by atoms with E-state index in [1.807, 2.05) is 0 Å². The maximum absolute atomic E-state index is 13.8. The van der Waals surface area contributed by atoms with E-state index in [1.165, 1.54) is 35.6 Å². The topological polar surface area (TPSA) is 96.0 Å². The van der Waals surface area contributed by atoms with Gasteiger partial charge in [-0.3, -0.25) is 9.59 Å². The predicted molar refractivity (Wildman–Crippen MR) is 98.1 cm³/mol. The Morgan fingerprint density at radius 1 is 1.27 bits per heavy atom. The van der Waals surface area contributed by atoms with E-state index in [9.17, 15) is 19.2 Å². The largest absolute Gasteiger partial charge is 0.365 e. The average molecular weight is 369 g/mol. The summed E-state index contributed by atoms with van der Waals surface area (Å²) in [7, 11) is 0. The number of nitriles is 1. The zero-order valence-corrected chi connectivity index (χ0v) is 14.7. The fraction of sp³-hybridized carbons (Fsp3) is 0.211. The number of thiophene rings is 1. The molecule has 0 saturated heterocycles. The molecule has 1 aliphatic carbocycles. The monoisotopic (exact) mass is 369 g/mol. The Bertz CT molecular complexity index is 956. The van der Waals surface area contributed by atoms with E-state index in [0.29, 0.717) is 10.6 Å². The molecule has 0 fully saturated rings. The first kappa shape index (κ1) is 17.8. The molecule has 5 nitrogen and oxygen atoms in total. The van der Waals surface area contributed by atoms with Gasteiger partial charge in [0.25, 0.3) is 11.8 Å². The van der Waals surface area contributed by atoms with Crippen molar-refractivity contribution in [2.24, 2.45) is 5.73 Å². The molecule has 132 valence electrons. The molecule has 0 bridgehead atoms. The minimum Gasteiger partial charge on any atom is -0.365 e. The van der Waals surface area contributed by atoms with Crippen LogP contribution in [0.5, 0.6) is 0 Å². The predicted octanol–water partition coefficient (Wildman–Crippen LogP) is 3.41. The molecular weight excluding hydrogens is 353 g/mol. The van der Waals surface area contributed by atoms with Gasteiger partial charge in [-0.1, -0.05) is 18.2 Å². The Labute approximate surface area is 153 Å². The highest BCUT2D eigenvalue weighted by molar-refractivity contribution is 7.17. The molecule has 2 amide bonds. The lowest BCUT2D eigenvalue weighted by Crippen LogP contribution is -2.19. The SMILES string of the molecule is N#C/C(=C\c1ccccc1F)C(=O)Nc1sc2c(c1C(N)=O)CCCC2. The summed E-state index contributed by atoms with van der Waals surface area (Å²) < 4.78 is 13.8. The number of nitrogens with two attached hydrogens (primary N) is 1. The summed E-state index contributed by atoms with van der Waals surface area (Å²) in [5.41, 5.74) is 6.59. The lowest BCUT2D eigenvalue weighted by molar-refractivity contribution is -0.112. The third-order valence-corrected chi connectivity index (χ3v) is 5.42. The van der Waals surface area contributed by atoms with E-state index in [1.54, 1.807) is 12.1 Å². The second-order valence-electron chi connectivity index (χ2n) is 5.92. The van der Waals surface area contributed by atoms with E-state index in [2.05, 4.69) is 5.32 Å². The number of nitrogens with one attached hydrogen (secondary N) is 1. The molecule has 7 heteroatoms. The third kappa shape index (κ3) is 3.51. The normalized spacial score (nSPS) is 13.6. The first-order chi connectivity index (χ1) is 12.5. The maximum atomic E-state index is 13.8. The molecule has 0 spiro atoms. The first-order valence-electron chi connectivity index (χ1n) is 8.13. The second-order valence-corrected chi connectivity index (χ2v) is 7.03. The van der Waals surface area contributed by atoms with Crippen molar-refractivity contribution >= 4 is 34.2 Å². The Morgan fingerprint density at radius 2 is 2.00 bits per heavy atom. The van der Waals surface area contributed by atoms with Crippen LogP contribution < -0.4 is 11.1 Å². The van der Waals surface area contributed by atoms with Gasteiger partial charge in [-0.2, -0.15) is 5.26 Å². The molecule has 3 N–H and O–H groups in total. The van der Waals surface area contributed by atoms with Crippen molar-refractivity contribution in [1.29, 1.82) is 5.26 Å². The minimum atomic E-state index is -0.697. The summed E-state index contributed by atoms with van der Waals surface area (Å²) >= 11 is 1.31. The van der Waals surface area contributed by atoms with Gasteiger partial charge in [0.2, 0.25) is 0 Å². The van der Waals surface area contributed by atoms with Gasteiger partial charge >= 0.3 is 0 Å². The van der Waals surface area contributed by atoms with Gasteiger partial charge in [-0.25, -0.2) is 4.39 Å².